The monoisotopic (exact) mass is 383 g/mol. The van der Waals surface area contributed by atoms with E-state index in [2.05, 4.69) is 55.2 Å². The molecule has 2 saturated heterocycles. The maximum Gasteiger partial charge on any atom is 0.231 e. The molecule has 0 amide bonds. The molecule has 4 rings (SSSR count). The number of fused-ring (bicyclic) bond motifs is 1. The number of nitrogens with zero attached hydrogens (tertiary/aromatic N) is 1. The lowest BCUT2D eigenvalue weighted by molar-refractivity contribution is 0.0976. The molecule has 2 heterocycles. The van der Waals surface area contributed by atoms with Crippen LogP contribution in [0.2, 0.25) is 0 Å². The van der Waals surface area contributed by atoms with E-state index < -0.39 is 0 Å². The van der Waals surface area contributed by atoms with Gasteiger partial charge in [-0.15, -0.1) is 0 Å². The SMILES string of the molecule is CCCCCOc1ccc(C2CC(C3C=C4OCOC4=CC3)CN2CC)cc1. The zero-order chi connectivity index (χ0) is 19.3. The van der Waals surface area contributed by atoms with Crippen LogP contribution < -0.4 is 4.74 Å². The smallest absolute Gasteiger partial charge is 0.231 e. The van der Waals surface area contributed by atoms with Gasteiger partial charge in [0.2, 0.25) is 6.79 Å². The first kappa shape index (κ1) is 19.4. The maximum absolute atomic E-state index is 5.88. The Bertz CT molecular complexity index is 709. The van der Waals surface area contributed by atoms with Crippen molar-refractivity contribution in [1.29, 1.82) is 0 Å². The molecule has 0 radical (unpaired) electrons. The highest BCUT2D eigenvalue weighted by atomic mass is 16.7. The summed E-state index contributed by atoms with van der Waals surface area (Å²) in [6.07, 6.45) is 10.4. The molecule has 0 saturated carbocycles. The van der Waals surface area contributed by atoms with Crippen molar-refractivity contribution in [1.82, 2.24) is 4.90 Å². The van der Waals surface area contributed by atoms with Crippen molar-refractivity contribution >= 4 is 0 Å². The van der Waals surface area contributed by atoms with Gasteiger partial charge in [0, 0.05) is 12.6 Å². The third-order valence-corrected chi connectivity index (χ3v) is 6.34. The Morgan fingerprint density at radius 2 is 1.89 bits per heavy atom. The average molecular weight is 384 g/mol. The summed E-state index contributed by atoms with van der Waals surface area (Å²) < 4.78 is 17.0. The van der Waals surface area contributed by atoms with Crippen molar-refractivity contribution in [3.8, 4) is 5.75 Å². The van der Waals surface area contributed by atoms with Crippen LogP contribution >= 0.6 is 0 Å². The van der Waals surface area contributed by atoms with Crippen molar-refractivity contribution in [2.24, 2.45) is 11.8 Å². The number of hydrogen-bond donors (Lipinski definition) is 0. The van der Waals surface area contributed by atoms with E-state index in [0.717, 1.165) is 49.8 Å². The Balaban J connectivity index is 1.38. The third kappa shape index (κ3) is 4.22. The highest BCUT2D eigenvalue weighted by Gasteiger charge is 2.37. The number of unbranched alkanes of at least 4 members (excludes halogenated alkanes) is 2. The Morgan fingerprint density at radius 1 is 1.07 bits per heavy atom. The van der Waals surface area contributed by atoms with E-state index in [1.807, 2.05) is 0 Å². The van der Waals surface area contributed by atoms with Crippen LogP contribution in [-0.4, -0.2) is 31.4 Å². The maximum atomic E-state index is 5.88. The van der Waals surface area contributed by atoms with Gasteiger partial charge < -0.3 is 14.2 Å². The second-order valence-corrected chi connectivity index (χ2v) is 8.13. The second kappa shape index (κ2) is 9.04. The Hall–Kier alpha value is -1.94. The summed E-state index contributed by atoms with van der Waals surface area (Å²) in [5, 5.41) is 0. The molecule has 1 aliphatic carbocycles. The summed E-state index contributed by atoms with van der Waals surface area (Å²) in [5.74, 6) is 4.08. The zero-order valence-corrected chi connectivity index (χ0v) is 17.2. The zero-order valence-electron chi connectivity index (χ0n) is 17.2. The van der Waals surface area contributed by atoms with Gasteiger partial charge in [-0.2, -0.15) is 0 Å². The first-order valence-electron chi connectivity index (χ1n) is 10.9. The number of rotatable bonds is 8. The molecule has 3 atom stereocenters. The number of likely N-dealkylation sites (tertiary alicyclic amines) is 1. The van der Waals surface area contributed by atoms with Crippen molar-refractivity contribution in [2.45, 2.75) is 52.0 Å². The molecule has 2 fully saturated rings. The molecule has 1 aromatic carbocycles. The van der Waals surface area contributed by atoms with Crippen LogP contribution in [0.15, 0.2) is 47.9 Å². The van der Waals surface area contributed by atoms with Crippen molar-refractivity contribution < 1.29 is 14.2 Å². The lowest BCUT2D eigenvalue weighted by atomic mass is 9.84. The minimum absolute atomic E-state index is 0.367. The third-order valence-electron chi connectivity index (χ3n) is 6.34. The summed E-state index contributed by atoms with van der Waals surface area (Å²) in [7, 11) is 0. The Labute approximate surface area is 169 Å². The van der Waals surface area contributed by atoms with E-state index in [4.69, 9.17) is 14.2 Å². The fraction of sp³-hybridized carbons (Fsp3) is 0.583. The molecular formula is C24H33NO3. The molecule has 152 valence electrons. The topological polar surface area (TPSA) is 30.9 Å². The van der Waals surface area contributed by atoms with Gasteiger partial charge in [0.05, 0.1) is 6.61 Å². The molecule has 0 bridgehead atoms. The molecule has 4 nitrogen and oxygen atoms in total. The lowest BCUT2D eigenvalue weighted by Gasteiger charge is -2.23. The van der Waals surface area contributed by atoms with E-state index in [1.165, 1.54) is 24.8 Å². The summed E-state index contributed by atoms with van der Waals surface area (Å²) in [6.45, 7) is 7.90. The fourth-order valence-electron chi connectivity index (χ4n) is 4.70. The predicted molar refractivity (Wildman–Crippen MR) is 111 cm³/mol. The summed E-state index contributed by atoms with van der Waals surface area (Å²) in [6, 6.07) is 9.30. The van der Waals surface area contributed by atoms with Gasteiger partial charge >= 0.3 is 0 Å². The summed E-state index contributed by atoms with van der Waals surface area (Å²) in [4.78, 5) is 2.62. The number of allylic oxidation sites excluding steroid dienone is 2. The van der Waals surface area contributed by atoms with Crippen LogP contribution in [0.25, 0.3) is 0 Å². The normalized spacial score (nSPS) is 26.9. The molecule has 0 spiro atoms. The second-order valence-electron chi connectivity index (χ2n) is 8.13. The van der Waals surface area contributed by atoms with Gasteiger partial charge in [-0.05, 0) is 67.5 Å². The van der Waals surface area contributed by atoms with Crippen molar-refractivity contribution in [2.75, 3.05) is 26.5 Å². The van der Waals surface area contributed by atoms with Crippen LogP contribution in [0.3, 0.4) is 0 Å². The Kier molecular flexibility index (Phi) is 6.26. The van der Waals surface area contributed by atoms with E-state index in [9.17, 15) is 0 Å². The molecule has 1 aromatic rings. The van der Waals surface area contributed by atoms with Gasteiger partial charge in [0.15, 0.2) is 11.5 Å². The van der Waals surface area contributed by atoms with Crippen LogP contribution in [-0.2, 0) is 9.47 Å². The van der Waals surface area contributed by atoms with Crippen LogP contribution in [0, 0.1) is 11.8 Å². The molecule has 3 aliphatic rings. The van der Waals surface area contributed by atoms with Gasteiger partial charge in [-0.1, -0.05) is 38.8 Å². The van der Waals surface area contributed by atoms with Crippen LogP contribution in [0.1, 0.15) is 57.6 Å². The standard InChI is InChI=1S/C24H33NO3/c1-3-5-6-13-26-21-10-7-18(8-11-21)22-14-20(16-25(22)4-2)19-9-12-23-24(15-19)28-17-27-23/h7-8,10-12,15,19-20,22H,3-6,9,13-14,16-17H2,1-2H3. The van der Waals surface area contributed by atoms with Crippen LogP contribution in [0.4, 0.5) is 0 Å². The van der Waals surface area contributed by atoms with E-state index in [0.29, 0.717) is 24.7 Å². The summed E-state index contributed by atoms with van der Waals surface area (Å²) >= 11 is 0. The average Bonchev–Trinajstić information content (AvgIpc) is 3.38. The van der Waals surface area contributed by atoms with Gasteiger partial charge in [-0.25, -0.2) is 0 Å². The molecule has 3 unspecified atom stereocenters. The van der Waals surface area contributed by atoms with E-state index in [1.54, 1.807) is 0 Å². The molecular weight excluding hydrogens is 350 g/mol. The highest BCUT2D eigenvalue weighted by molar-refractivity contribution is 5.31. The number of ether oxygens (including phenoxy) is 3. The highest BCUT2D eigenvalue weighted by Crippen LogP contribution is 2.42. The van der Waals surface area contributed by atoms with Gasteiger partial charge in [-0.3, -0.25) is 4.90 Å². The number of hydrogen-bond acceptors (Lipinski definition) is 4. The van der Waals surface area contributed by atoms with Crippen molar-refractivity contribution in [3.05, 3.63) is 53.5 Å². The lowest BCUT2D eigenvalue weighted by Crippen LogP contribution is -2.25. The Morgan fingerprint density at radius 3 is 2.68 bits per heavy atom. The minimum Gasteiger partial charge on any atom is -0.494 e. The van der Waals surface area contributed by atoms with E-state index >= 15 is 0 Å². The van der Waals surface area contributed by atoms with E-state index in [-0.39, 0.29) is 0 Å². The predicted octanol–water partition coefficient (Wildman–Crippen LogP) is 5.43. The largest absolute Gasteiger partial charge is 0.494 e. The molecule has 0 aromatic heterocycles. The first-order valence-corrected chi connectivity index (χ1v) is 10.9. The quantitative estimate of drug-likeness (QED) is 0.560. The molecule has 4 heteroatoms. The minimum atomic E-state index is 0.367. The van der Waals surface area contributed by atoms with Gasteiger partial charge in [0.1, 0.15) is 5.75 Å². The number of benzene rings is 1. The molecule has 0 N–H and O–H groups in total. The summed E-state index contributed by atoms with van der Waals surface area (Å²) in [5.41, 5.74) is 1.41. The fourth-order valence-corrected chi connectivity index (χ4v) is 4.70. The van der Waals surface area contributed by atoms with Crippen LogP contribution in [0.5, 0.6) is 5.75 Å². The van der Waals surface area contributed by atoms with Crippen molar-refractivity contribution in [3.63, 3.8) is 0 Å². The first-order chi connectivity index (χ1) is 13.8. The molecule has 28 heavy (non-hydrogen) atoms. The molecule has 2 aliphatic heterocycles. The van der Waals surface area contributed by atoms with Gasteiger partial charge in [0.25, 0.3) is 0 Å².